The van der Waals surface area contributed by atoms with Gasteiger partial charge in [0.05, 0.1) is 0 Å². The van der Waals surface area contributed by atoms with E-state index in [4.69, 9.17) is 0 Å². The predicted molar refractivity (Wildman–Crippen MR) is 45.0 cm³/mol. The third-order valence-corrected chi connectivity index (χ3v) is 2.14. The summed E-state index contributed by atoms with van der Waals surface area (Å²) in [5.41, 5.74) is 0. The van der Waals surface area contributed by atoms with Crippen LogP contribution < -0.4 is 5.32 Å². The molecule has 1 heteroatoms. The standard InChI is InChI=1S/C9H17N/c1-3-4-7-10-8(2)9-5-6-9/h3,8-10H,1,4-7H2,2H3. The van der Waals surface area contributed by atoms with Gasteiger partial charge in [0.2, 0.25) is 0 Å². The van der Waals surface area contributed by atoms with E-state index in [0.717, 1.165) is 24.9 Å². The number of nitrogens with one attached hydrogen (secondary N) is 1. The van der Waals surface area contributed by atoms with E-state index in [-0.39, 0.29) is 0 Å². The molecule has 1 unspecified atom stereocenters. The molecule has 0 radical (unpaired) electrons. The van der Waals surface area contributed by atoms with Crippen LogP contribution in [0, 0.1) is 5.92 Å². The van der Waals surface area contributed by atoms with Crippen LogP contribution >= 0.6 is 0 Å². The molecule has 1 fully saturated rings. The Kier molecular flexibility index (Phi) is 2.94. The van der Waals surface area contributed by atoms with Gasteiger partial charge in [0.25, 0.3) is 0 Å². The van der Waals surface area contributed by atoms with Crippen molar-refractivity contribution in [2.45, 2.75) is 32.2 Å². The van der Waals surface area contributed by atoms with E-state index in [2.05, 4.69) is 18.8 Å². The summed E-state index contributed by atoms with van der Waals surface area (Å²) < 4.78 is 0. The second-order valence-electron chi connectivity index (χ2n) is 3.16. The molecule has 1 nitrogen and oxygen atoms in total. The molecule has 1 aliphatic carbocycles. The fourth-order valence-corrected chi connectivity index (χ4v) is 1.18. The maximum absolute atomic E-state index is 3.68. The average Bonchev–Trinajstić information content (AvgIpc) is 2.69. The summed E-state index contributed by atoms with van der Waals surface area (Å²) in [4.78, 5) is 0. The van der Waals surface area contributed by atoms with Gasteiger partial charge in [-0.2, -0.15) is 0 Å². The monoisotopic (exact) mass is 139 g/mol. The molecule has 0 aliphatic heterocycles. The molecule has 1 rings (SSSR count). The zero-order valence-corrected chi connectivity index (χ0v) is 6.77. The Hall–Kier alpha value is -0.300. The molecule has 0 amide bonds. The minimum Gasteiger partial charge on any atom is -0.314 e. The van der Waals surface area contributed by atoms with Crippen molar-refractivity contribution in [1.29, 1.82) is 0 Å². The molecule has 0 aromatic carbocycles. The van der Waals surface area contributed by atoms with Gasteiger partial charge in [-0.3, -0.25) is 0 Å². The van der Waals surface area contributed by atoms with Gasteiger partial charge in [-0.15, -0.1) is 6.58 Å². The lowest BCUT2D eigenvalue weighted by molar-refractivity contribution is 0.502. The molecular weight excluding hydrogens is 122 g/mol. The topological polar surface area (TPSA) is 12.0 Å². The van der Waals surface area contributed by atoms with Gasteiger partial charge < -0.3 is 5.32 Å². The second kappa shape index (κ2) is 3.77. The van der Waals surface area contributed by atoms with Gasteiger partial charge in [0, 0.05) is 6.04 Å². The van der Waals surface area contributed by atoms with Crippen LogP contribution in [0.15, 0.2) is 12.7 Å². The number of hydrogen-bond donors (Lipinski definition) is 1. The summed E-state index contributed by atoms with van der Waals surface area (Å²) in [7, 11) is 0. The predicted octanol–water partition coefficient (Wildman–Crippen LogP) is 1.95. The number of hydrogen-bond acceptors (Lipinski definition) is 1. The maximum Gasteiger partial charge on any atom is 0.00671 e. The normalized spacial score (nSPS) is 20.5. The second-order valence-corrected chi connectivity index (χ2v) is 3.16. The van der Waals surface area contributed by atoms with E-state index in [9.17, 15) is 0 Å². The van der Waals surface area contributed by atoms with Crippen molar-refractivity contribution in [3.63, 3.8) is 0 Å². The highest BCUT2D eigenvalue weighted by atomic mass is 14.9. The summed E-state index contributed by atoms with van der Waals surface area (Å²) in [5, 5.41) is 3.47. The first kappa shape index (κ1) is 7.80. The van der Waals surface area contributed by atoms with Gasteiger partial charge >= 0.3 is 0 Å². The van der Waals surface area contributed by atoms with Crippen molar-refractivity contribution in [1.82, 2.24) is 5.32 Å². The van der Waals surface area contributed by atoms with Crippen LogP contribution in [0.5, 0.6) is 0 Å². The molecule has 0 heterocycles. The zero-order chi connectivity index (χ0) is 7.40. The van der Waals surface area contributed by atoms with Crippen LogP contribution in [0.25, 0.3) is 0 Å². The average molecular weight is 139 g/mol. The van der Waals surface area contributed by atoms with Crippen LogP contribution in [0.2, 0.25) is 0 Å². The Balaban J connectivity index is 1.95. The van der Waals surface area contributed by atoms with E-state index in [1.165, 1.54) is 12.8 Å². The molecule has 0 aromatic rings. The largest absolute Gasteiger partial charge is 0.314 e. The maximum atomic E-state index is 3.68. The van der Waals surface area contributed by atoms with Crippen molar-refractivity contribution >= 4 is 0 Å². The molecule has 0 spiro atoms. The summed E-state index contributed by atoms with van der Waals surface area (Å²) in [6.07, 6.45) is 5.92. The van der Waals surface area contributed by atoms with Gasteiger partial charge in [-0.25, -0.2) is 0 Å². The van der Waals surface area contributed by atoms with Crippen molar-refractivity contribution in [2.75, 3.05) is 6.54 Å². The van der Waals surface area contributed by atoms with Crippen LogP contribution in [-0.2, 0) is 0 Å². The highest BCUT2D eigenvalue weighted by Crippen LogP contribution is 2.32. The van der Waals surface area contributed by atoms with E-state index >= 15 is 0 Å². The Labute approximate surface area is 63.5 Å². The first-order chi connectivity index (χ1) is 4.84. The third-order valence-electron chi connectivity index (χ3n) is 2.14. The molecule has 0 saturated heterocycles. The Morgan fingerprint density at radius 1 is 1.70 bits per heavy atom. The summed E-state index contributed by atoms with van der Waals surface area (Å²) >= 11 is 0. The molecular formula is C9H17N. The SMILES string of the molecule is C=CCCNC(C)C1CC1. The molecule has 1 atom stereocenters. The van der Waals surface area contributed by atoms with Crippen LogP contribution in [0.4, 0.5) is 0 Å². The van der Waals surface area contributed by atoms with Crippen molar-refractivity contribution < 1.29 is 0 Å². The summed E-state index contributed by atoms with van der Waals surface area (Å²) in [6, 6.07) is 0.736. The van der Waals surface area contributed by atoms with E-state index < -0.39 is 0 Å². The van der Waals surface area contributed by atoms with Gasteiger partial charge in [-0.1, -0.05) is 6.08 Å². The molecule has 58 valence electrons. The van der Waals surface area contributed by atoms with Gasteiger partial charge in [-0.05, 0) is 38.6 Å². The fourth-order valence-electron chi connectivity index (χ4n) is 1.18. The van der Waals surface area contributed by atoms with Gasteiger partial charge in [0.15, 0.2) is 0 Å². The highest BCUT2D eigenvalue weighted by Gasteiger charge is 2.26. The molecule has 1 saturated carbocycles. The highest BCUT2D eigenvalue weighted by molar-refractivity contribution is 4.83. The van der Waals surface area contributed by atoms with E-state index in [1.54, 1.807) is 0 Å². The number of rotatable bonds is 5. The van der Waals surface area contributed by atoms with Crippen molar-refractivity contribution in [2.24, 2.45) is 5.92 Å². The Bertz CT molecular complexity index is 105. The third kappa shape index (κ3) is 2.53. The van der Waals surface area contributed by atoms with Gasteiger partial charge in [0.1, 0.15) is 0 Å². The summed E-state index contributed by atoms with van der Waals surface area (Å²) in [6.45, 7) is 7.05. The lowest BCUT2D eigenvalue weighted by Gasteiger charge is -2.10. The molecule has 1 N–H and O–H groups in total. The first-order valence-corrected chi connectivity index (χ1v) is 4.19. The lowest BCUT2D eigenvalue weighted by atomic mass is 10.2. The smallest absolute Gasteiger partial charge is 0.00671 e. The van der Waals surface area contributed by atoms with E-state index in [1.807, 2.05) is 6.08 Å². The summed E-state index contributed by atoms with van der Waals surface area (Å²) in [5.74, 6) is 0.977. The van der Waals surface area contributed by atoms with Crippen LogP contribution in [0.3, 0.4) is 0 Å². The minimum absolute atomic E-state index is 0.736. The van der Waals surface area contributed by atoms with Crippen molar-refractivity contribution in [3.05, 3.63) is 12.7 Å². The molecule has 0 bridgehead atoms. The Morgan fingerprint density at radius 3 is 2.90 bits per heavy atom. The lowest BCUT2D eigenvalue weighted by Crippen LogP contribution is -2.28. The quantitative estimate of drug-likeness (QED) is 0.453. The van der Waals surface area contributed by atoms with Crippen LogP contribution in [-0.4, -0.2) is 12.6 Å². The fraction of sp³-hybridized carbons (Fsp3) is 0.778. The first-order valence-electron chi connectivity index (χ1n) is 4.19. The minimum atomic E-state index is 0.736. The zero-order valence-electron chi connectivity index (χ0n) is 6.77. The van der Waals surface area contributed by atoms with Crippen molar-refractivity contribution in [3.8, 4) is 0 Å². The molecule has 1 aliphatic rings. The van der Waals surface area contributed by atoms with E-state index in [0.29, 0.717) is 0 Å². The Morgan fingerprint density at radius 2 is 2.40 bits per heavy atom. The molecule has 10 heavy (non-hydrogen) atoms. The van der Waals surface area contributed by atoms with Crippen LogP contribution in [0.1, 0.15) is 26.2 Å². The molecule has 0 aromatic heterocycles.